The number of rotatable bonds is 7. The second-order valence-electron chi connectivity index (χ2n) is 8.36. The lowest BCUT2D eigenvalue weighted by atomic mass is 10.1. The van der Waals surface area contributed by atoms with Crippen LogP contribution in [0.1, 0.15) is 49.9 Å². The maximum atomic E-state index is 13.1. The molecule has 3 heterocycles. The smallest absolute Gasteiger partial charge is 0.282 e. The van der Waals surface area contributed by atoms with Gasteiger partial charge >= 0.3 is 0 Å². The quantitative estimate of drug-likeness (QED) is 0.337. The van der Waals surface area contributed by atoms with Gasteiger partial charge < -0.3 is 10.7 Å². The number of carbonyl (C=O) groups excluding carboxylic acids is 3. The van der Waals surface area contributed by atoms with Crippen molar-refractivity contribution in [2.24, 2.45) is 5.10 Å². The first kappa shape index (κ1) is 24.8. The Morgan fingerprint density at radius 1 is 0.972 bits per heavy atom. The van der Waals surface area contributed by atoms with Gasteiger partial charge in [0.1, 0.15) is 0 Å². The van der Waals surface area contributed by atoms with Gasteiger partial charge in [0.2, 0.25) is 0 Å². The Hall–Kier alpha value is -4.31. The molecular formula is C26H26N6O3S. The number of nitrogens with zero attached hydrogens (tertiary/aromatic N) is 3. The summed E-state index contributed by atoms with van der Waals surface area (Å²) in [6.45, 7) is 7.77. The molecule has 4 rings (SSSR count). The van der Waals surface area contributed by atoms with Gasteiger partial charge in [0, 0.05) is 24.6 Å². The summed E-state index contributed by atoms with van der Waals surface area (Å²) in [5.74, 6) is -0.972. The van der Waals surface area contributed by atoms with Crippen molar-refractivity contribution < 1.29 is 14.4 Å². The van der Waals surface area contributed by atoms with E-state index in [1.165, 1.54) is 5.01 Å². The molecule has 0 atom stereocenters. The van der Waals surface area contributed by atoms with Gasteiger partial charge in [0.15, 0.2) is 0 Å². The van der Waals surface area contributed by atoms with Crippen molar-refractivity contribution in [1.82, 2.24) is 21.2 Å². The number of hydrazine groups is 1. The molecule has 1 aliphatic rings. The van der Waals surface area contributed by atoms with E-state index in [4.69, 9.17) is 0 Å². The van der Waals surface area contributed by atoms with Crippen LogP contribution in [0.5, 0.6) is 0 Å². The van der Waals surface area contributed by atoms with Gasteiger partial charge in [-0.15, -0.1) is 11.3 Å². The molecule has 10 heteroatoms. The Morgan fingerprint density at radius 2 is 1.72 bits per heavy atom. The lowest BCUT2D eigenvalue weighted by Gasteiger charge is -2.14. The van der Waals surface area contributed by atoms with E-state index in [0.29, 0.717) is 39.0 Å². The van der Waals surface area contributed by atoms with Crippen molar-refractivity contribution >= 4 is 40.5 Å². The molecule has 36 heavy (non-hydrogen) atoms. The fourth-order valence-electron chi connectivity index (χ4n) is 3.60. The minimum Gasteiger partial charge on any atom is -0.347 e. The molecule has 3 aromatic rings. The molecule has 0 radical (unpaired) electrons. The molecule has 9 nitrogen and oxygen atoms in total. The highest BCUT2D eigenvalue weighted by atomic mass is 32.1. The number of aryl methyl sites for hydroxylation is 2. The van der Waals surface area contributed by atoms with Crippen molar-refractivity contribution in [3.05, 3.63) is 92.6 Å². The molecule has 0 unspecified atom stereocenters. The maximum absolute atomic E-state index is 13.1. The first-order valence-corrected chi connectivity index (χ1v) is 12.1. The van der Waals surface area contributed by atoms with Crippen LogP contribution in [0.4, 0.5) is 5.69 Å². The summed E-state index contributed by atoms with van der Waals surface area (Å²) in [6, 6.07) is 12.6. The van der Waals surface area contributed by atoms with Gasteiger partial charge in [-0.05, 0) is 74.7 Å². The normalized spacial score (nSPS) is 14.4. The van der Waals surface area contributed by atoms with Crippen LogP contribution in [0.2, 0.25) is 0 Å². The summed E-state index contributed by atoms with van der Waals surface area (Å²) >= 11 is 1.07. The van der Waals surface area contributed by atoms with Crippen LogP contribution in [0.15, 0.2) is 71.2 Å². The Balaban J connectivity index is 1.37. The Kier molecular flexibility index (Phi) is 7.25. The van der Waals surface area contributed by atoms with E-state index in [0.717, 1.165) is 28.0 Å². The molecule has 3 amide bonds. The highest BCUT2D eigenvalue weighted by Crippen LogP contribution is 2.26. The number of amides is 3. The van der Waals surface area contributed by atoms with Crippen LogP contribution in [-0.4, -0.2) is 28.4 Å². The topological polar surface area (TPSA) is 116 Å². The summed E-state index contributed by atoms with van der Waals surface area (Å²) in [4.78, 5) is 42.9. The first-order valence-electron chi connectivity index (χ1n) is 11.3. The molecule has 0 fully saturated rings. The number of thiophene rings is 1. The molecule has 2 aromatic heterocycles. The van der Waals surface area contributed by atoms with Crippen LogP contribution in [0, 0.1) is 13.8 Å². The van der Waals surface area contributed by atoms with E-state index in [1.54, 1.807) is 44.4 Å². The predicted molar refractivity (Wildman–Crippen MR) is 140 cm³/mol. The van der Waals surface area contributed by atoms with Gasteiger partial charge in [-0.1, -0.05) is 12.1 Å². The van der Waals surface area contributed by atoms with Crippen molar-refractivity contribution in [3.8, 4) is 0 Å². The van der Waals surface area contributed by atoms with Crippen LogP contribution in [0.3, 0.4) is 0 Å². The van der Waals surface area contributed by atoms with Gasteiger partial charge in [-0.25, -0.2) is 0 Å². The number of allylic oxidation sites excluding steroid dienone is 1. The molecule has 0 aliphatic carbocycles. The first-order chi connectivity index (χ1) is 17.2. The molecule has 1 aliphatic heterocycles. The molecular weight excluding hydrogens is 476 g/mol. The van der Waals surface area contributed by atoms with Crippen LogP contribution in [0.25, 0.3) is 0 Å². The predicted octanol–water partition coefficient (Wildman–Crippen LogP) is 3.62. The highest BCUT2D eigenvalue weighted by Gasteiger charge is 2.31. The standard InChI is InChI=1S/C26H26N6O3S/c1-15-7-8-20(12-16(15)2)32-26(35)23(18(4)31-32)17(3)29-30-25(34)22-10-9-21(36-22)24(33)28-14-19-6-5-11-27-13-19/h5-13,29H,14H2,1-4H3,(H,28,33)(H,30,34)/b23-17-. The third-order valence-corrected chi connectivity index (χ3v) is 6.80. The van der Waals surface area contributed by atoms with Gasteiger partial charge in [-0.2, -0.15) is 10.1 Å². The zero-order valence-corrected chi connectivity index (χ0v) is 21.2. The van der Waals surface area contributed by atoms with Crippen LogP contribution < -0.4 is 21.2 Å². The summed E-state index contributed by atoms with van der Waals surface area (Å²) in [5.41, 5.74) is 10.6. The number of aromatic nitrogens is 1. The second kappa shape index (κ2) is 10.5. The van der Waals surface area contributed by atoms with Crippen molar-refractivity contribution in [1.29, 1.82) is 0 Å². The summed E-state index contributed by atoms with van der Waals surface area (Å²) in [5, 5.41) is 8.57. The van der Waals surface area contributed by atoms with E-state index in [2.05, 4.69) is 26.3 Å². The number of hydrogen-bond acceptors (Lipinski definition) is 7. The zero-order valence-electron chi connectivity index (χ0n) is 20.4. The molecule has 0 saturated carbocycles. The third-order valence-electron chi connectivity index (χ3n) is 5.72. The Labute approximate surface area is 212 Å². The number of pyridine rings is 1. The molecule has 1 aromatic carbocycles. The lowest BCUT2D eigenvalue weighted by molar-refractivity contribution is -0.114. The Bertz CT molecular complexity index is 1390. The van der Waals surface area contributed by atoms with Gasteiger partial charge in [0.05, 0.1) is 26.7 Å². The lowest BCUT2D eigenvalue weighted by Crippen LogP contribution is -2.37. The number of benzene rings is 1. The summed E-state index contributed by atoms with van der Waals surface area (Å²) < 4.78 is 0. The monoisotopic (exact) mass is 502 g/mol. The average molecular weight is 503 g/mol. The molecule has 0 bridgehead atoms. The third kappa shape index (κ3) is 5.33. The number of nitrogens with one attached hydrogen (secondary N) is 3. The fourth-order valence-corrected chi connectivity index (χ4v) is 4.42. The molecule has 0 spiro atoms. The summed E-state index contributed by atoms with van der Waals surface area (Å²) in [7, 11) is 0. The molecule has 184 valence electrons. The van der Waals surface area contributed by atoms with Crippen LogP contribution >= 0.6 is 11.3 Å². The molecule has 0 saturated heterocycles. The SMILES string of the molecule is CC1=NN(c2ccc(C)c(C)c2)C(=O)/C1=C(/C)NNC(=O)c1ccc(C(=O)NCc2cccnc2)s1. The number of hydrogen-bond donors (Lipinski definition) is 3. The van der Waals surface area contributed by atoms with Gasteiger partial charge in [-0.3, -0.25) is 24.8 Å². The van der Waals surface area contributed by atoms with E-state index in [1.807, 2.05) is 38.1 Å². The van der Waals surface area contributed by atoms with Crippen molar-refractivity contribution in [2.45, 2.75) is 34.2 Å². The van der Waals surface area contributed by atoms with E-state index in [9.17, 15) is 14.4 Å². The fraction of sp³-hybridized carbons (Fsp3) is 0.192. The van der Waals surface area contributed by atoms with E-state index < -0.39 is 5.91 Å². The summed E-state index contributed by atoms with van der Waals surface area (Å²) in [6.07, 6.45) is 3.34. The van der Waals surface area contributed by atoms with E-state index >= 15 is 0 Å². The number of anilines is 1. The molecule has 3 N–H and O–H groups in total. The maximum Gasteiger partial charge on any atom is 0.282 e. The largest absolute Gasteiger partial charge is 0.347 e. The van der Waals surface area contributed by atoms with Crippen LogP contribution in [-0.2, 0) is 11.3 Å². The van der Waals surface area contributed by atoms with Crippen molar-refractivity contribution in [3.63, 3.8) is 0 Å². The van der Waals surface area contributed by atoms with E-state index in [-0.39, 0.29) is 11.8 Å². The minimum atomic E-state index is -0.419. The van der Waals surface area contributed by atoms with Crippen molar-refractivity contribution in [2.75, 3.05) is 5.01 Å². The highest BCUT2D eigenvalue weighted by molar-refractivity contribution is 7.15. The second-order valence-corrected chi connectivity index (χ2v) is 9.44. The zero-order chi connectivity index (χ0) is 25.8. The Morgan fingerprint density at radius 3 is 2.42 bits per heavy atom. The number of hydrazone groups is 1. The average Bonchev–Trinajstić information content (AvgIpc) is 3.48. The minimum absolute atomic E-state index is 0.274. The van der Waals surface area contributed by atoms with Gasteiger partial charge in [0.25, 0.3) is 17.7 Å². The number of carbonyl (C=O) groups is 3.